The molecule has 2 aromatic heterocycles. The third-order valence-corrected chi connectivity index (χ3v) is 6.42. The molecular weight excluding hydrogens is 426 g/mol. The Morgan fingerprint density at radius 1 is 1.25 bits per heavy atom. The molecule has 0 unspecified atom stereocenters. The first-order chi connectivity index (χ1) is 15.6. The number of rotatable bonds is 10. The maximum absolute atomic E-state index is 10.3. The lowest BCUT2D eigenvalue weighted by atomic mass is 10.2. The second-order valence-corrected chi connectivity index (χ2v) is 8.86. The van der Waals surface area contributed by atoms with Crippen molar-refractivity contribution in [2.45, 2.75) is 49.5 Å². The van der Waals surface area contributed by atoms with Crippen molar-refractivity contribution in [1.29, 1.82) is 0 Å². The van der Waals surface area contributed by atoms with Crippen LogP contribution in [0.2, 0.25) is 0 Å². The molecule has 0 spiro atoms. The topological polar surface area (TPSA) is 85.5 Å². The lowest BCUT2D eigenvalue weighted by Crippen LogP contribution is -2.23. The number of aromatic hydroxyl groups is 1. The first kappa shape index (κ1) is 22.6. The van der Waals surface area contributed by atoms with Crippen LogP contribution in [0.5, 0.6) is 11.5 Å². The number of phenolic OH excluding ortho intramolecular Hbond substituents is 1. The van der Waals surface area contributed by atoms with Gasteiger partial charge in [-0.15, -0.1) is 10.2 Å². The summed E-state index contributed by atoms with van der Waals surface area (Å²) >= 11 is 1.64. The van der Waals surface area contributed by atoms with Crippen LogP contribution in [0, 0.1) is 0 Å². The average molecular weight is 456 g/mol. The molecule has 1 aliphatic heterocycles. The zero-order valence-corrected chi connectivity index (χ0v) is 19.3. The molecule has 1 saturated heterocycles. The quantitative estimate of drug-likeness (QED) is 0.465. The van der Waals surface area contributed by atoms with Crippen molar-refractivity contribution < 1.29 is 14.6 Å². The molecule has 0 amide bonds. The van der Waals surface area contributed by atoms with E-state index in [0.29, 0.717) is 18.8 Å². The van der Waals surface area contributed by atoms with Crippen molar-refractivity contribution in [3.8, 4) is 11.5 Å². The number of pyridine rings is 1. The van der Waals surface area contributed by atoms with E-state index in [0.717, 1.165) is 54.0 Å². The zero-order valence-electron chi connectivity index (χ0n) is 18.5. The molecule has 9 heteroatoms. The van der Waals surface area contributed by atoms with Gasteiger partial charge in [-0.25, -0.2) is 0 Å². The van der Waals surface area contributed by atoms with Gasteiger partial charge in [-0.2, -0.15) is 0 Å². The lowest BCUT2D eigenvalue weighted by Gasteiger charge is -2.19. The molecule has 3 heterocycles. The summed E-state index contributed by atoms with van der Waals surface area (Å²) in [5.41, 5.74) is 1.85. The normalized spacial score (nSPS) is 16.0. The van der Waals surface area contributed by atoms with E-state index in [1.54, 1.807) is 24.9 Å². The van der Waals surface area contributed by atoms with Gasteiger partial charge in [-0.3, -0.25) is 9.88 Å². The van der Waals surface area contributed by atoms with Crippen LogP contribution in [0.1, 0.15) is 29.9 Å². The van der Waals surface area contributed by atoms with E-state index in [4.69, 9.17) is 9.47 Å². The summed E-state index contributed by atoms with van der Waals surface area (Å²) in [5.74, 6) is 2.49. The van der Waals surface area contributed by atoms with Gasteiger partial charge in [0.2, 0.25) is 0 Å². The number of ether oxygens (including phenoxy) is 2. The molecule has 0 aliphatic carbocycles. The van der Waals surface area contributed by atoms with Gasteiger partial charge in [-0.05, 0) is 38.1 Å². The van der Waals surface area contributed by atoms with Crippen LogP contribution < -0.4 is 4.74 Å². The molecule has 0 radical (unpaired) electrons. The summed E-state index contributed by atoms with van der Waals surface area (Å²) in [6.45, 7) is 2.75. The predicted octanol–water partition coefficient (Wildman–Crippen LogP) is 3.49. The number of phenols is 1. The molecule has 0 bridgehead atoms. The summed E-state index contributed by atoms with van der Waals surface area (Å²) in [6.07, 6.45) is 4.14. The Bertz CT molecular complexity index is 1010. The maximum atomic E-state index is 10.3. The fourth-order valence-electron chi connectivity index (χ4n) is 3.73. The molecule has 1 atom stereocenters. The molecule has 8 nitrogen and oxygen atoms in total. The van der Waals surface area contributed by atoms with Crippen LogP contribution in [0.25, 0.3) is 0 Å². The molecule has 4 rings (SSSR count). The highest BCUT2D eigenvalue weighted by Gasteiger charge is 2.22. The van der Waals surface area contributed by atoms with Gasteiger partial charge >= 0.3 is 0 Å². The number of methoxy groups -OCH3 is 1. The van der Waals surface area contributed by atoms with Gasteiger partial charge in [0.25, 0.3) is 0 Å². The average Bonchev–Trinajstić information content (AvgIpc) is 3.45. The molecule has 1 N–H and O–H groups in total. The van der Waals surface area contributed by atoms with Crippen molar-refractivity contribution in [3.05, 3.63) is 59.7 Å². The van der Waals surface area contributed by atoms with Crippen LogP contribution in [-0.2, 0) is 30.1 Å². The van der Waals surface area contributed by atoms with Crippen molar-refractivity contribution in [1.82, 2.24) is 24.6 Å². The second kappa shape index (κ2) is 10.8. The summed E-state index contributed by atoms with van der Waals surface area (Å²) in [5, 5.41) is 20.1. The Kier molecular flexibility index (Phi) is 7.62. The fraction of sp³-hybridized carbons (Fsp3) is 0.435. The van der Waals surface area contributed by atoms with Crippen LogP contribution in [-0.4, -0.2) is 56.6 Å². The number of nitrogens with zero attached hydrogens (tertiary/aromatic N) is 5. The van der Waals surface area contributed by atoms with E-state index in [9.17, 15) is 5.11 Å². The minimum Gasteiger partial charge on any atom is -0.507 e. The Hall–Kier alpha value is -2.62. The second-order valence-electron chi connectivity index (χ2n) is 7.92. The third kappa shape index (κ3) is 5.79. The number of hydrogen-bond donors (Lipinski definition) is 1. The molecule has 1 fully saturated rings. The Balaban J connectivity index is 1.47. The molecule has 170 valence electrons. The van der Waals surface area contributed by atoms with Gasteiger partial charge in [0.05, 0.1) is 32.0 Å². The molecule has 0 saturated carbocycles. The van der Waals surface area contributed by atoms with Crippen LogP contribution in [0.15, 0.2) is 47.8 Å². The number of benzene rings is 1. The first-order valence-electron chi connectivity index (χ1n) is 10.7. The molecule has 32 heavy (non-hydrogen) atoms. The van der Waals surface area contributed by atoms with Crippen molar-refractivity contribution in [3.63, 3.8) is 0 Å². The van der Waals surface area contributed by atoms with Crippen LogP contribution in [0.4, 0.5) is 0 Å². The molecule has 1 aromatic carbocycles. The van der Waals surface area contributed by atoms with Gasteiger partial charge in [0.15, 0.2) is 5.16 Å². The van der Waals surface area contributed by atoms with Crippen LogP contribution in [0.3, 0.4) is 0 Å². The van der Waals surface area contributed by atoms with E-state index < -0.39 is 0 Å². The third-order valence-electron chi connectivity index (χ3n) is 5.42. The highest BCUT2D eigenvalue weighted by Crippen LogP contribution is 2.26. The fourth-order valence-corrected chi connectivity index (χ4v) is 4.61. The highest BCUT2D eigenvalue weighted by molar-refractivity contribution is 7.98. The number of thioether (sulfide) groups is 1. The van der Waals surface area contributed by atoms with Crippen molar-refractivity contribution in [2.75, 3.05) is 20.8 Å². The molecule has 3 aromatic rings. The highest BCUT2D eigenvalue weighted by atomic mass is 32.2. The summed E-state index contributed by atoms with van der Waals surface area (Å²) < 4.78 is 13.2. The first-order valence-corrected chi connectivity index (χ1v) is 11.7. The number of aromatic nitrogens is 4. The standard InChI is InChI=1S/C23H29N5O3S/c1-27(13-17-8-9-19(30-2)12-21(17)29)15-22-25-26-23(28(22)14-20-7-5-11-31-20)32-16-18-6-3-4-10-24-18/h3-4,6,8-10,12,20,29H,5,7,11,13-16H2,1-2H3/t20-/m0/s1. The summed E-state index contributed by atoms with van der Waals surface area (Å²) in [6, 6.07) is 11.3. The summed E-state index contributed by atoms with van der Waals surface area (Å²) in [4.78, 5) is 6.52. The van der Waals surface area contributed by atoms with Crippen molar-refractivity contribution in [2.24, 2.45) is 0 Å². The van der Waals surface area contributed by atoms with E-state index in [1.165, 1.54) is 0 Å². The van der Waals surface area contributed by atoms with E-state index in [1.807, 2.05) is 43.6 Å². The monoisotopic (exact) mass is 455 g/mol. The SMILES string of the molecule is COc1ccc(CN(C)Cc2nnc(SCc3ccccn3)n2C[C@@H]2CCCO2)c(O)c1. The summed E-state index contributed by atoms with van der Waals surface area (Å²) in [7, 11) is 3.60. The van der Waals surface area contributed by atoms with Gasteiger partial charge in [-0.1, -0.05) is 23.9 Å². The largest absolute Gasteiger partial charge is 0.507 e. The van der Waals surface area contributed by atoms with Gasteiger partial charge < -0.3 is 19.1 Å². The van der Waals surface area contributed by atoms with Crippen LogP contribution >= 0.6 is 11.8 Å². The van der Waals surface area contributed by atoms with E-state index in [2.05, 4.69) is 24.6 Å². The lowest BCUT2D eigenvalue weighted by molar-refractivity contribution is 0.0934. The minimum atomic E-state index is 0.190. The molecule has 1 aliphatic rings. The van der Waals surface area contributed by atoms with E-state index in [-0.39, 0.29) is 11.9 Å². The predicted molar refractivity (Wildman–Crippen MR) is 123 cm³/mol. The smallest absolute Gasteiger partial charge is 0.191 e. The minimum absolute atomic E-state index is 0.190. The zero-order chi connectivity index (χ0) is 22.3. The Labute approximate surface area is 192 Å². The Morgan fingerprint density at radius 3 is 2.88 bits per heavy atom. The van der Waals surface area contributed by atoms with Crippen molar-refractivity contribution >= 4 is 11.8 Å². The maximum Gasteiger partial charge on any atom is 0.191 e. The Morgan fingerprint density at radius 2 is 2.16 bits per heavy atom. The van der Waals surface area contributed by atoms with Gasteiger partial charge in [0.1, 0.15) is 17.3 Å². The van der Waals surface area contributed by atoms with E-state index >= 15 is 0 Å². The number of hydrogen-bond acceptors (Lipinski definition) is 8. The van der Waals surface area contributed by atoms with Gasteiger partial charge in [0, 0.05) is 36.7 Å². The molecular formula is C23H29N5O3S.